The Bertz CT molecular complexity index is 1200. The average Bonchev–Trinajstić information content (AvgIpc) is 3.64. The van der Waals surface area contributed by atoms with Crippen molar-refractivity contribution in [1.82, 2.24) is 4.90 Å². The Hall–Kier alpha value is -1.26. The normalized spacial score (nSPS) is 46.8. The predicted molar refractivity (Wildman–Crippen MR) is 170 cm³/mol. The van der Waals surface area contributed by atoms with Gasteiger partial charge < -0.3 is 34.1 Å². The lowest BCUT2D eigenvalue weighted by Crippen LogP contribution is -2.55. The van der Waals surface area contributed by atoms with Crippen LogP contribution in [0.15, 0.2) is 0 Å². The number of hydrogen-bond acceptors (Lipinski definition) is 8. The Balaban J connectivity index is 1.04. The van der Waals surface area contributed by atoms with E-state index in [0.29, 0.717) is 54.7 Å². The van der Waals surface area contributed by atoms with Crippen molar-refractivity contribution in [3.05, 3.63) is 0 Å². The smallest absolute Gasteiger partial charge is 0.303 e. The zero-order valence-corrected chi connectivity index (χ0v) is 29.1. The molecular formula is C37H59NO8. The first-order valence-electron chi connectivity index (χ1n) is 18.4. The fourth-order valence-electron chi connectivity index (χ4n) is 13.0. The van der Waals surface area contributed by atoms with Crippen molar-refractivity contribution in [2.45, 2.75) is 148 Å². The molecule has 7 rings (SSSR count). The van der Waals surface area contributed by atoms with Crippen LogP contribution in [0.4, 0.5) is 0 Å². The highest BCUT2D eigenvalue weighted by Crippen LogP contribution is 2.87. The van der Waals surface area contributed by atoms with Gasteiger partial charge in [0.05, 0.1) is 30.5 Å². The molecule has 2 saturated heterocycles. The van der Waals surface area contributed by atoms with E-state index in [-0.39, 0.29) is 47.3 Å². The van der Waals surface area contributed by atoms with Crippen molar-refractivity contribution in [2.24, 2.45) is 45.3 Å². The van der Waals surface area contributed by atoms with Crippen LogP contribution in [0.2, 0.25) is 0 Å². The fraction of sp³-hybridized carbons (Fsp3) is 0.946. The van der Waals surface area contributed by atoms with E-state index in [1.807, 2.05) is 0 Å². The highest BCUT2D eigenvalue weighted by atomic mass is 16.7. The third-order valence-electron chi connectivity index (χ3n) is 15.0. The van der Waals surface area contributed by atoms with Crippen molar-refractivity contribution < 1.29 is 38.7 Å². The highest BCUT2D eigenvalue weighted by Gasteiger charge is 2.80. The molecule has 0 radical (unpaired) electrons. The molecule has 0 bridgehead atoms. The summed E-state index contributed by atoms with van der Waals surface area (Å²) in [4.78, 5) is 25.7. The van der Waals surface area contributed by atoms with Crippen LogP contribution in [0, 0.1) is 45.3 Å². The second kappa shape index (κ2) is 11.4. The van der Waals surface area contributed by atoms with E-state index >= 15 is 0 Å². The maximum atomic E-state index is 12.1. The highest BCUT2D eigenvalue weighted by molar-refractivity contribution is 5.77. The number of esters is 1. The lowest BCUT2D eigenvalue weighted by Gasteiger charge is -2.59. The van der Waals surface area contributed by atoms with E-state index in [1.54, 1.807) is 18.7 Å². The Morgan fingerprint density at radius 1 is 0.957 bits per heavy atom. The van der Waals surface area contributed by atoms with Crippen molar-refractivity contribution in [3.63, 3.8) is 0 Å². The van der Waals surface area contributed by atoms with Crippen LogP contribution in [-0.2, 0) is 28.5 Å². The molecule has 2 spiro atoms. The molecule has 5 aliphatic carbocycles. The second-order valence-electron chi connectivity index (χ2n) is 17.8. The number of carbonyl (C=O) groups excluding carboxylic acids is 2. The Labute approximate surface area is 275 Å². The molecule has 46 heavy (non-hydrogen) atoms. The Morgan fingerprint density at radius 3 is 2.43 bits per heavy atom. The van der Waals surface area contributed by atoms with Gasteiger partial charge in [-0.1, -0.05) is 20.8 Å². The van der Waals surface area contributed by atoms with Gasteiger partial charge in [-0.25, -0.2) is 0 Å². The number of carbonyl (C=O) groups is 2. The van der Waals surface area contributed by atoms with Crippen LogP contribution >= 0.6 is 0 Å². The van der Waals surface area contributed by atoms with Crippen LogP contribution in [0.5, 0.6) is 0 Å². The number of fused-ring (bicyclic) bond motifs is 4. The van der Waals surface area contributed by atoms with Crippen LogP contribution < -0.4 is 0 Å². The molecule has 12 atom stereocenters. The summed E-state index contributed by atoms with van der Waals surface area (Å²) < 4.78 is 25.4. The lowest BCUT2D eigenvalue weighted by atomic mass is 9.46. The number of amides is 1. The zero-order chi connectivity index (χ0) is 32.9. The second-order valence-corrected chi connectivity index (χ2v) is 17.8. The van der Waals surface area contributed by atoms with Gasteiger partial charge in [-0.3, -0.25) is 9.59 Å². The van der Waals surface area contributed by atoms with E-state index in [0.717, 1.165) is 31.6 Å². The van der Waals surface area contributed by atoms with Crippen LogP contribution in [0.3, 0.4) is 0 Å². The third kappa shape index (κ3) is 5.02. The maximum absolute atomic E-state index is 12.1. The number of hydrogen-bond donors (Lipinski definition) is 2. The van der Waals surface area contributed by atoms with Gasteiger partial charge in [0, 0.05) is 26.4 Å². The van der Waals surface area contributed by atoms with Crippen molar-refractivity contribution in [3.8, 4) is 0 Å². The van der Waals surface area contributed by atoms with E-state index in [4.69, 9.17) is 18.9 Å². The molecule has 0 aromatic rings. The summed E-state index contributed by atoms with van der Waals surface area (Å²) in [5.74, 6) is 1.96. The molecule has 2 heterocycles. The summed E-state index contributed by atoms with van der Waals surface area (Å²) in [7, 11) is 0. The van der Waals surface area contributed by atoms with Gasteiger partial charge in [0.15, 0.2) is 12.4 Å². The number of aliphatic hydroxyl groups excluding tert-OH is 1. The van der Waals surface area contributed by atoms with Gasteiger partial charge in [-0.15, -0.1) is 0 Å². The molecule has 7 aliphatic rings. The molecule has 9 nitrogen and oxygen atoms in total. The fourth-order valence-corrected chi connectivity index (χ4v) is 13.0. The minimum absolute atomic E-state index is 0.0482. The van der Waals surface area contributed by atoms with Crippen LogP contribution in [-0.4, -0.2) is 89.6 Å². The van der Waals surface area contributed by atoms with Gasteiger partial charge in [-0.05, 0) is 123 Å². The average molecular weight is 646 g/mol. The maximum Gasteiger partial charge on any atom is 0.303 e. The zero-order valence-electron chi connectivity index (χ0n) is 29.1. The molecule has 260 valence electrons. The summed E-state index contributed by atoms with van der Waals surface area (Å²) in [6, 6.07) is 0. The van der Waals surface area contributed by atoms with Gasteiger partial charge in [0.1, 0.15) is 6.61 Å². The minimum Gasteiger partial charge on any atom is -0.457 e. The molecule has 9 unspecified atom stereocenters. The van der Waals surface area contributed by atoms with E-state index in [9.17, 15) is 19.8 Å². The monoisotopic (exact) mass is 645 g/mol. The minimum atomic E-state index is -1.15. The molecule has 5 saturated carbocycles. The number of aliphatic hydroxyl groups is 2. The first-order chi connectivity index (χ1) is 21.7. The summed E-state index contributed by atoms with van der Waals surface area (Å²) in [6.45, 7) is 13.4. The Kier molecular flexibility index (Phi) is 8.24. The predicted octanol–water partition coefficient (Wildman–Crippen LogP) is 4.85. The van der Waals surface area contributed by atoms with E-state index < -0.39 is 18.3 Å². The first-order valence-corrected chi connectivity index (χ1v) is 18.4. The molecule has 7 fully saturated rings. The largest absolute Gasteiger partial charge is 0.457 e. The standard InChI is InChI=1S/C37H59NO8/c1-22(40)44-32(34(4,5)42)26-9-7-24-27(45-26)19-25-23-8-10-28-33(2,3)29(46-31-12-16-38(17-18-43-31)30(41)20-39)11-13-37(28)21-36(23,37)15-14-35(24,25)6/h23-29,31-32,39,42H,7-21H2,1-6H3/t23?,24?,25?,26?,27?,28?,29-,31?,32-,35?,36-,37?/m0/s1. The van der Waals surface area contributed by atoms with Crippen LogP contribution in [0.1, 0.15) is 112 Å². The summed E-state index contributed by atoms with van der Waals surface area (Å²) >= 11 is 0. The summed E-state index contributed by atoms with van der Waals surface area (Å²) in [5.41, 5.74) is 0.0247. The van der Waals surface area contributed by atoms with Gasteiger partial charge in [-0.2, -0.15) is 0 Å². The van der Waals surface area contributed by atoms with Crippen molar-refractivity contribution in [2.75, 3.05) is 26.3 Å². The summed E-state index contributed by atoms with van der Waals surface area (Å²) in [5, 5.41) is 20.2. The van der Waals surface area contributed by atoms with Crippen molar-refractivity contribution in [1.29, 1.82) is 0 Å². The molecule has 2 aliphatic heterocycles. The van der Waals surface area contributed by atoms with E-state index in [1.165, 1.54) is 45.4 Å². The molecule has 1 amide bonds. The first kappa shape index (κ1) is 33.2. The quantitative estimate of drug-likeness (QED) is 0.395. The topological polar surface area (TPSA) is 115 Å². The molecule has 0 aromatic heterocycles. The molecule has 9 heteroatoms. The number of ether oxygens (including phenoxy) is 4. The van der Waals surface area contributed by atoms with Crippen molar-refractivity contribution >= 4 is 11.9 Å². The molecule has 0 aromatic carbocycles. The number of rotatable bonds is 6. The number of nitrogens with zero attached hydrogens (tertiary/aromatic N) is 1. The van der Waals surface area contributed by atoms with Crippen LogP contribution in [0.25, 0.3) is 0 Å². The van der Waals surface area contributed by atoms with Gasteiger partial charge in [0.25, 0.3) is 0 Å². The van der Waals surface area contributed by atoms with Gasteiger partial charge >= 0.3 is 5.97 Å². The molecular weight excluding hydrogens is 586 g/mol. The van der Waals surface area contributed by atoms with E-state index in [2.05, 4.69) is 20.8 Å². The lowest BCUT2D eigenvalue weighted by molar-refractivity contribution is -0.225. The SMILES string of the molecule is CC(=O)O[C@@H](C1CCC2C(CC3C4CCC5C(C)(C)[C@@H](OC6CCN(C(=O)CO)CCO6)CCC56C[C@@]46CCC23C)O1)C(C)(C)O. The van der Waals surface area contributed by atoms with Gasteiger partial charge in [0.2, 0.25) is 5.91 Å². The Morgan fingerprint density at radius 2 is 1.72 bits per heavy atom. The summed E-state index contributed by atoms with van der Waals surface area (Å²) in [6.07, 6.45) is 11.5. The molecule has 2 N–H and O–H groups in total. The third-order valence-corrected chi connectivity index (χ3v) is 15.0.